The number of rotatable bonds is 5. The van der Waals surface area contributed by atoms with Crippen molar-refractivity contribution < 1.29 is 40.6 Å². The van der Waals surface area contributed by atoms with Gasteiger partial charge in [-0.05, 0) is 48.5 Å². The summed E-state index contributed by atoms with van der Waals surface area (Å²) in [5.74, 6) is -21.1. The molecule has 10 heteroatoms. The lowest BCUT2D eigenvalue weighted by Gasteiger charge is -2.24. The molecule has 29 heavy (non-hydrogen) atoms. The third-order valence-electron chi connectivity index (χ3n) is 4.05. The fourth-order valence-electron chi connectivity index (χ4n) is 2.47. The third kappa shape index (κ3) is 3.22. The normalized spacial score (nSPS) is 18.8. The van der Waals surface area contributed by atoms with Crippen LogP contribution in [-0.4, -0.2) is 24.9 Å². The summed E-state index contributed by atoms with van der Waals surface area (Å²) in [4.78, 5) is 0. The van der Waals surface area contributed by atoms with Crippen molar-refractivity contribution in [3.05, 3.63) is 65.6 Å². The van der Waals surface area contributed by atoms with E-state index in [2.05, 4.69) is 0 Å². The second-order valence-electron chi connectivity index (χ2n) is 5.90. The first-order valence-electron chi connectivity index (χ1n) is 7.93. The van der Waals surface area contributed by atoms with E-state index in [9.17, 15) is 26.3 Å². The van der Waals surface area contributed by atoms with Gasteiger partial charge in [0.05, 0.1) is 18.7 Å². The maximum absolute atomic E-state index is 14.2. The molecule has 0 saturated carbocycles. The Morgan fingerprint density at radius 3 is 1.45 bits per heavy atom. The van der Waals surface area contributed by atoms with Gasteiger partial charge in [-0.2, -0.15) is 31.6 Å². The van der Waals surface area contributed by atoms with E-state index < -0.39 is 40.8 Å². The monoisotopic (exact) mass is 415 g/mol. The van der Waals surface area contributed by atoms with Gasteiger partial charge in [-0.1, -0.05) is 0 Å². The van der Waals surface area contributed by atoms with Gasteiger partial charge in [0.15, 0.2) is 0 Å². The molecule has 0 heterocycles. The van der Waals surface area contributed by atoms with Crippen LogP contribution >= 0.6 is 0 Å². The lowest BCUT2D eigenvalue weighted by Crippen LogP contribution is -2.50. The molecule has 1 aliphatic rings. The van der Waals surface area contributed by atoms with Gasteiger partial charge in [-0.3, -0.25) is 0 Å². The molecule has 0 aromatic heterocycles. The first-order valence-corrected chi connectivity index (χ1v) is 7.93. The zero-order chi connectivity index (χ0) is 21.4. The summed E-state index contributed by atoms with van der Waals surface area (Å²) < 4.78 is 98.9. The first-order chi connectivity index (χ1) is 13.5. The third-order valence-corrected chi connectivity index (χ3v) is 4.05. The molecule has 1 aliphatic carbocycles. The molecular weight excluding hydrogens is 404 g/mol. The van der Waals surface area contributed by atoms with Gasteiger partial charge in [0.1, 0.15) is 17.2 Å². The minimum atomic E-state index is -5.79. The van der Waals surface area contributed by atoms with Gasteiger partial charge in [0, 0.05) is 0 Å². The van der Waals surface area contributed by atoms with E-state index in [0.29, 0.717) is 5.75 Å². The summed E-state index contributed by atoms with van der Waals surface area (Å²) in [6.07, 6.45) is 0. The highest BCUT2D eigenvalue weighted by Crippen LogP contribution is 2.59. The van der Waals surface area contributed by atoms with Crippen LogP contribution in [0, 0.1) is 11.3 Å². The molecule has 0 spiro atoms. The van der Waals surface area contributed by atoms with Crippen LogP contribution in [0.25, 0.3) is 0 Å². The van der Waals surface area contributed by atoms with E-state index in [1.807, 2.05) is 0 Å². The number of allylic oxidation sites excluding steroid dienone is 2. The average Bonchev–Trinajstić information content (AvgIpc) is 2.79. The summed E-state index contributed by atoms with van der Waals surface area (Å²) in [6, 6.07) is 10.7. The van der Waals surface area contributed by atoms with Crippen LogP contribution < -0.4 is 14.2 Å². The molecule has 0 unspecified atom stereocenters. The predicted octanol–water partition coefficient (Wildman–Crippen LogP) is 5.16. The van der Waals surface area contributed by atoms with Gasteiger partial charge in [0.25, 0.3) is 0 Å². The van der Waals surface area contributed by atoms with E-state index in [4.69, 9.17) is 19.5 Å². The quantitative estimate of drug-likeness (QED) is 0.634. The second kappa shape index (κ2) is 6.92. The van der Waals surface area contributed by atoms with Crippen molar-refractivity contribution >= 4 is 0 Å². The van der Waals surface area contributed by atoms with E-state index in [1.54, 1.807) is 6.07 Å². The van der Waals surface area contributed by atoms with Gasteiger partial charge < -0.3 is 14.2 Å². The molecule has 2 aromatic rings. The number of nitrogens with zero attached hydrogens (tertiary/aromatic N) is 1. The Morgan fingerprint density at radius 1 is 0.690 bits per heavy atom. The maximum atomic E-state index is 14.2. The van der Waals surface area contributed by atoms with Crippen LogP contribution in [0.2, 0.25) is 0 Å². The highest BCUT2D eigenvalue weighted by atomic mass is 19.3. The molecular formula is C19H11F6NO3. The molecule has 0 saturated heterocycles. The summed E-state index contributed by atoms with van der Waals surface area (Å²) >= 11 is 0. The van der Waals surface area contributed by atoms with Crippen molar-refractivity contribution in [2.75, 3.05) is 7.11 Å². The zero-order valence-corrected chi connectivity index (χ0v) is 14.6. The topological polar surface area (TPSA) is 51.5 Å². The molecule has 0 radical (unpaired) electrons. The number of hydrogen-bond acceptors (Lipinski definition) is 4. The number of benzene rings is 2. The Balaban J connectivity index is 2.06. The summed E-state index contributed by atoms with van der Waals surface area (Å²) in [7, 11) is 1.33. The molecule has 152 valence electrons. The molecule has 0 amide bonds. The van der Waals surface area contributed by atoms with E-state index in [-0.39, 0.29) is 5.56 Å². The molecule has 3 rings (SSSR count). The number of nitriles is 1. The molecule has 2 aromatic carbocycles. The summed E-state index contributed by atoms with van der Waals surface area (Å²) in [5, 5.41) is 8.73. The SMILES string of the molecule is COc1ccc(OC2=C(Oc3ccc(C#N)cc3)C(F)(F)C(F)(F)C2(F)F)cc1. The van der Waals surface area contributed by atoms with Crippen LogP contribution in [-0.2, 0) is 0 Å². The van der Waals surface area contributed by atoms with Crippen molar-refractivity contribution in [1.82, 2.24) is 0 Å². The van der Waals surface area contributed by atoms with Gasteiger partial charge in [-0.15, -0.1) is 0 Å². The minimum Gasteiger partial charge on any atom is -0.497 e. The Bertz CT molecular complexity index is 978. The van der Waals surface area contributed by atoms with Crippen molar-refractivity contribution in [1.29, 1.82) is 5.26 Å². The van der Waals surface area contributed by atoms with Crippen LogP contribution in [0.3, 0.4) is 0 Å². The highest BCUT2D eigenvalue weighted by Gasteiger charge is 2.83. The van der Waals surface area contributed by atoms with Crippen LogP contribution in [0.15, 0.2) is 60.0 Å². The molecule has 0 atom stereocenters. The van der Waals surface area contributed by atoms with Gasteiger partial charge >= 0.3 is 17.8 Å². The molecule has 0 bridgehead atoms. The standard InChI is InChI=1S/C19H11F6NO3/c1-27-12-6-8-14(9-7-12)29-16-15(17(20,21)19(24,25)18(16,22)23)28-13-4-2-11(10-26)3-5-13/h2-9H,1H3. The Morgan fingerprint density at radius 2 is 1.07 bits per heavy atom. The van der Waals surface area contributed by atoms with Crippen molar-refractivity contribution in [3.63, 3.8) is 0 Å². The van der Waals surface area contributed by atoms with Crippen LogP contribution in [0.1, 0.15) is 5.56 Å². The van der Waals surface area contributed by atoms with E-state index in [0.717, 1.165) is 36.4 Å². The number of ether oxygens (including phenoxy) is 3. The number of methoxy groups -OCH3 is 1. The Kier molecular flexibility index (Phi) is 4.86. The maximum Gasteiger partial charge on any atom is 0.387 e. The Labute approximate surface area is 160 Å². The summed E-state index contributed by atoms with van der Waals surface area (Å²) in [6.45, 7) is 0. The number of hydrogen-bond donors (Lipinski definition) is 0. The molecule has 0 fully saturated rings. The number of halogens is 6. The minimum absolute atomic E-state index is 0.120. The van der Waals surface area contributed by atoms with E-state index in [1.165, 1.54) is 19.2 Å². The van der Waals surface area contributed by atoms with Crippen LogP contribution in [0.5, 0.6) is 17.2 Å². The van der Waals surface area contributed by atoms with Gasteiger partial charge in [-0.25, -0.2) is 0 Å². The van der Waals surface area contributed by atoms with Crippen molar-refractivity contribution in [3.8, 4) is 23.3 Å². The van der Waals surface area contributed by atoms with E-state index >= 15 is 0 Å². The zero-order valence-electron chi connectivity index (χ0n) is 14.6. The average molecular weight is 415 g/mol. The fourth-order valence-corrected chi connectivity index (χ4v) is 2.47. The smallest absolute Gasteiger partial charge is 0.387 e. The predicted molar refractivity (Wildman–Crippen MR) is 87.3 cm³/mol. The fraction of sp³-hybridized carbons (Fsp3) is 0.211. The summed E-state index contributed by atoms with van der Waals surface area (Å²) in [5.41, 5.74) is 0.120. The molecule has 0 N–H and O–H groups in total. The first kappa shape index (κ1) is 20.4. The van der Waals surface area contributed by atoms with Crippen molar-refractivity contribution in [2.24, 2.45) is 0 Å². The largest absolute Gasteiger partial charge is 0.497 e. The Hall–Kier alpha value is -3.35. The lowest BCUT2D eigenvalue weighted by molar-refractivity contribution is -0.273. The highest BCUT2D eigenvalue weighted by molar-refractivity contribution is 5.42. The van der Waals surface area contributed by atoms with Gasteiger partial charge in [0.2, 0.25) is 11.5 Å². The lowest BCUT2D eigenvalue weighted by atomic mass is 10.1. The van der Waals surface area contributed by atoms with Crippen molar-refractivity contribution in [2.45, 2.75) is 17.8 Å². The molecule has 4 nitrogen and oxygen atoms in total. The second-order valence-corrected chi connectivity index (χ2v) is 5.90. The molecule has 0 aliphatic heterocycles. The number of alkyl halides is 6. The van der Waals surface area contributed by atoms with Crippen LogP contribution in [0.4, 0.5) is 26.3 Å².